The molecule has 188 valence electrons. The lowest BCUT2D eigenvalue weighted by Gasteiger charge is -2.35. The Kier molecular flexibility index (Phi) is 8.23. The third kappa shape index (κ3) is 6.11. The van der Waals surface area contributed by atoms with E-state index in [9.17, 15) is 18.8 Å². The summed E-state index contributed by atoms with van der Waals surface area (Å²) in [5.74, 6) is -0.353. The highest BCUT2D eigenvalue weighted by atomic mass is 19.1. The fourth-order valence-corrected chi connectivity index (χ4v) is 4.95. The Bertz CT molecular complexity index is 1030. The third-order valence-electron chi connectivity index (χ3n) is 7.31. The van der Waals surface area contributed by atoms with E-state index in [1.165, 1.54) is 24.3 Å². The highest BCUT2D eigenvalue weighted by molar-refractivity contribution is 6.13. The number of carbonyl (C=O) groups excluding carboxylic acids is 3. The van der Waals surface area contributed by atoms with Gasteiger partial charge in [-0.15, -0.1) is 0 Å². The van der Waals surface area contributed by atoms with E-state index in [1.807, 2.05) is 18.7 Å². The number of ketones is 2. The van der Waals surface area contributed by atoms with Gasteiger partial charge in [-0.05, 0) is 63.5 Å². The molecule has 1 amide bonds. The SMILES string of the molecule is CC[C@@H](C)N(CC1=NC2=C(COCC2)C(=O)C1)C(=O)CN1CCC(C(=O)c2ccc(F)cc2)CC1. The Morgan fingerprint density at radius 1 is 1.23 bits per heavy atom. The number of amides is 1. The molecule has 0 radical (unpaired) electrons. The molecule has 4 rings (SSSR count). The van der Waals surface area contributed by atoms with Gasteiger partial charge in [0.15, 0.2) is 11.6 Å². The Hall–Kier alpha value is -2.71. The van der Waals surface area contributed by atoms with Crippen molar-refractivity contribution in [1.82, 2.24) is 9.80 Å². The van der Waals surface area contributed by atoms with Gasteiger partial charge < -0.3 is 9.64 Å². The van der Waals surface area contributed by atoms with Crippen molar-refractivity contribution in [2.75, 3.05) is 39.4 Å². The second kappa shape index (κ2) is 11.4. The monoisotopic (exact) mass is 483 g/mol. The van der Waals surface area contributed by atoms with E-state index in [1.54, 1.807) is 0 Å². The van der Waals surface area contributed by atoms with Crippen LogP contribution in [0.15, 0.2) is 40.5 Å². The lowest BCUT2D eigenvalue weighted by atomic mass is 9.89. The predicted molar refractivity (Wildman–Crippen MR) is 131 cm³/mol. The maximum atomic E-state index is 13.3. The minimum absolute atomic E-state index is 0.0181. The first kappa shape index (κ1) is 25.4. The van der Waals surface area contributed by atoms with E-state index >= 15 is 0 Å². The molecular formula is C27H34FN3O4. The molecule has 0 aromatic heterocycles. The topological polar surface area (TPSA) is 79.3 Å². The predicted octanol–water partition coefficient (Wildman–Crippen LogP) is 3.44. The first-order valence-corrected chi connectivity index (χ1v) is 12.6. The van der Waals surface area contributed by atoms with Crippen LogP contribution in [0.3, 0.4) is 0 Å². The third-order valence-corrected chi connectivity index (χ3v) is 7.31. The number of Topliss-reactive ketones (excluding diaryl/α,β-unsaturated/α-hetero) is 2. The normalized spacial score (nSPS) is 20.3. The van der Waals surface area contributed by atoms with E-state index in [0.717, 1.165) is 17.8 Å². The molecule has 0 saturated carbocycles. The average Bonchev–Trinajstić information content (AvgIpc) is 2.87. The molecule has 3 aliphatic heterocycles. The maximum absolute atomic E-state index is 13.3. The zero-order chi connectivity index (χ0) is 24.9. The average molecular weight is 484 g/mol. The molecule has 1 fully saturated rings. The smallest absolute Gasteiger partial charge is 0.237 e. The highest BCUT2D eigenvalue weighted by Gasteiger charge is 2.31. The number of nitrogens with zero attached hydrogens (tertiary/aromatic N) is 3. The van der Waals surface area contributed by atoms with Gasteiger partial charge in [-0.25, -0.2) is 4.39 Å². The summed E-state index contributed by atoms with van der Waals surface area (Å²) in [6, 6.07) is 5.73. The number of hydrogen-bond donors (Lipinski definition) is 0. The van der Waals surface area contributed by atoms with Crippen LogP contribution in [0.2, 0.25) is 0 Å². The quantitative estimate of drug-likeness (QED) is 0.530. The summed E-state index contributed by atoms with van der Waals surface area (Å²) >= 11 is 0. The van der Waals surface area contributed by atoms with E-state index in [2.05, 4.69) is 4.90 Å². The van der Waals surface area contributed by atoms with Crippen molar-refractivity contribution in [3.63, 3.8) is 0 Å². The largest absolute Gasteiger partial charge is 0.376 e. The van der Waals surface area contributed by atoms with Crippen molar-refractivity contribution in [3.05, 3.63) is 46.9 Å². The molecule has 1 aromatic carbocycles. The number of ether oxygens (including phenoxy) is 1. The molecule has 0 unspecified atom stereocenters. The number of hydrogen-bond acceptors (Lipinski definition) is 6. The van der Waals surface area contributed by atoms with Crippen LogP contribution in [0.25, 0.3) is 0 Å². The number of aliphatic imine (C=N–C) groups is 1. The van der Waals surface area contributed by atoms with Crippen LogP contribution in [0.1, 0.15) is 56.3 Å². The fraction of sp³-hybridized carbons (Fsp3) is 0.556. The second-order valence-corrected chi connectivity index (χ2v) is 9.71. The van der Waals surface area contributed by atoms with Crippen molar-refractivity contribution >= 4 is 23.2 Å². The number of likely N-dealkylation sites (tertiary alicyclic amines) is 1. The van der Waals surface area contributed by atoms with Crippen LogP contribution in [-0.2, 0) is 14.3 Å². The number of carbonyl (C=O) groups is 3. The van der Waals surface area contributed by atoms with Crippen LogP contribution in [0.5, 0.6) is 0 Å². The van der Waals surface area contributed by atoms with Crippen LogP contribution < -0.4 is 0 Å². The molecule has 3 aliphatic rings. The van der Waals surface area contributed by atoms with Crippen LogP contribution >= 0.6 is 0 Å². The molecule has 0 spiro atoms. The molecule has 7 nitrogen and oxygen atoms in total. The van der Waals surface area contributed by atoms with Crippen molar-refractivity contribution in [3.8, 4) is 0 Å². The van der Waals surface area contributed by atoms with Crippen LogP contribution in [0, 0.1) is 11.7 Å². The van der Waals surface area contributed by atoms with Gasteiger partial charge in [0, 0.05) is 35.2 Å². The van der Waals surface area contributed by atoms with Gasteiger partial charge in [-0.2, -0.15) is 0 Å². The van der Waals surface area contributed by atoms with E-state index in [0.29, 0.717) is 63.2 Å². The van der Waals surface area contributed by atoms with Crippen LogP contribution in [-0.4, -0.2) is 78.4 Å². The van der Waals surface area contributed by atoms with Gasteiger partial charge in [-0.3, -0.25) is 24.3 Å². The molecule has 3 heterocycles. The molecule has 0 aliphatic carbocycles. The lowest BCUT2D eigenvalue weighted by Crippen LogP contribution is -2.49. The summed E-state index contributed by atoms with van der Waals surface area (Å²) in [7, 11) is 0. The molecule has 1 atom stereocenters. The number of benzene rings is 1. The summed E-state index contributed by atoms with van der Waals surface area (Å²) in [6.45, 7) is 6.93. The van der Waals surface area contributed by atoms with E-state index in [-0.39, 0.29) is 48.2 Å². The molecule has 0 bridgehead atoms. The Balaban J connectivity index is 1.35. The van der Waals surface area contributed by atoms with Gasteiger partial charge in [-0.1, -0.05) is 6.92 Å². The highest BCUT2D eigenvalue weighted by Crippen LogP contribution is 2.25. The maximum Gasteiger partial charge on any atom is 0.237 e. The summed E-state index contributed by atoms with van der Waals surface area (Å²) in [6.07, 6.45) is 3.02. The summed E-state index contributed by atoms with van der Waals surface area (Å²) in [4.78, 5) is 47.3. The molecule has 1 aromatic rings. The van der Waals surface area contributed by atoms with E-state index in [4.69, 9.17) is 9.73 Å². The summed E-state index contributed by atoms with van der Waals surface area (Å²) in [5, 5.41) is 0. The standard InChI is InChI=1S/C27H34FN3O4/c1-3-18(2)31(15-22-14-25(32)23-17-35-13-10-24(23)29-22)26(33)16-30-11-8-20(9-12-30)27(34)19-4-6-21(28)7-5-19/h4-7,18,20H,3,8-17H2,1-2H3/t18-/m1/s1. The van der Waals surface area contributed by atoms with Crippen molar-refractivity contribution < 1.29 is 23.5 Å². The van der Waals surface area contributed by atoms with Gasteiger partial charge >= 0.3 is 0 Å². The van der Waals surface area contributed by atoms with Gasteiger partial charge in [0.2, 0.25) is 5.91 Å². The summed E-state index contributed by atoms with van der Waals surface area (Å²) in [5.41, 5.74) is 2.77. The van der Waals surface area contributed by atoms with Crippen molar-refractivity contribution in [2.24, 2.45) is 10.9 Å². The van der Waals surface area contributed by atoms with Crippen molar-refractivity contribution in [2.45, 2.75) is 52.0 Å². The molecule has 0 N–H and O–H groups in total. The van der Waals surface area contributed by atoms with Crippen LogP contribution in [0.4, 0.5) is 4.39 Å². The number of halogens is 1. The lowest BCUT2D eigenvalue weighted by molar-refractivity contribution is -0.134. The molecule has 1 saturated heterocycles. The minimum Gasteiger partial charge on any atom is -0.376 e. The molecule has 35 heavy (non-hydrogen) atoms. The van der Waals surface area contributed by atoms with Gasteiger partial charge in [0.1, 0.15) is 5.82 Å². The molecular weight excluding hydrogens is 449 g/mol. The Morgan fingerprint density at radius 3 is 2.63 bits per heavy atom. The Labute approximate surface area is 206 Å². The minimum atomic E-state index is -0.353. The Morgan fingerprint density at radius 2 is 1.94 bits per heavy atom. The van der Waals surface area contributed by atoms with Gasteiger partial charge in [0.25, 0.3) is 0 Å². The first-order chi connectivity index (χ1) is 16.9. The number of piperidine rings is 1. The molecule has 8 heteroatoms. The van der Waals surface area contributed by atoms with E-state index < -0.39 is 0 Å². The zero-order valence-electron chi connectivity index (χ0n) is 20.6. The second-order valence-electron chi connectivity index (χ2n) is 9.71. The van der Waals surface area contributed by atoms with Crippen molar-refractivity contribution in [1.29, 1.82) is 0 Å². The number of rotatable bonds is 8. The zero-order valence-corrected chi connectivity index (χ0v) is 20.6. The van der Waals surface area contributed by atoms with Gasteiger partial charge in [0.05, 0.1) is 38.4 Å². The fourth-order valence-electron chi connectivity index (χ4n) is 4.95. The first-order valence-electron chi connectivity index (χ1n) is 12.6. The summed E-state index contributed by atoms with van der Waals surface area (Å²) < 4.78 is 18.6.